The number of nitrogens with one attached hydrogen (secondary N) is 1. The van der Waals surface area contributed by atoms with Gasteiger partial charge in [0.2, 0.25) is 17.7 Å². The highest BCUT2D eigenvalue weighted by Gasteiger charge is 2.53. The first-order valence-corrected chi connectivity index (χ1v) is 11.5. The van der Waals surface area contributed by atoms with Crippen molar-refractivity contribution in [2.45, 2.75) is 71.0 Å². The van der Waals surface area contributed by atoms with Gasteiger partial charge in [0.25, 0.3) is 0 Å². The van der Waals surface area contributed by atoms with Gasteiger partial charge in [0.05, 0.1) is 0 Å². The number of benzene rings is 1. The Balaban J connectivity index is 0.00000363. The van der Waals surface area contributed by atoms with E-state index in [1.54, 1.807) is 12.1 Å². The number of halogens is 1. The zero-order chi connectivity index (χ0) is 22.6. The third kappa shape index (κ3) is 5.62. The van der Waals surface area contributed by atoms with E-state index in [0.717, 1.165) is 38.0 Å². The van der Waals surface area contributed by atoms with Crippen molar-refractivity contribution >= 4 is 30.1 Å². The predicted molar refractivity (Wildman–Crippen MR) is 127 cm³/mol. The van der Waals surface area contributed by atoms with E-state index in [4.69, 9.17) is 5.73 Å². The van der Waals surface area contributed by atoms with E-state index >= 15 is 0 Å². The summed E-state index contributed by atoms with van der Waals surface area (Å²) < 4.78 is 0. The third-order valence-corrected chi connectivity index (χ3v) is 6.58. The summed E-state index contributed by atoms with van der Waals surface area (Å²) in [6.07, 6.45) is 3.86. The molecule has 0 aliphatic carbocycles. The van der Waals surface area contributed by atoms with Crippen LogP contribution in [0.2, 0.25) is 0 Å². The lowest BCUT2D eigenvalue weighted by molar-refractivity contribution is -0.161. The van der Waals surface area contributed by atoms with Crippen LogP contribution >= 0.6 is 12.4 Å². The van der Waals surface area contributed by atoms with Crippen LogP contribution in [-0.2, 0) is 16.1 Å². The Kier molecular flexibility index (Phi) is 9.10. The quantitative estimate of drug-likeness (QED) is 0.618. The first-order valence-electron chi connectivity index (χ1n) is 11.5. The van der Waals surface area contributed by atoms with Gasteiger partial charge in [-0.3, -0.25) is 19.3 Å². The Morgan fingerprint density at radius 2 is 1.81 bits per heavy atom. The fraction of sp³-hybridized carbons (Fsp3) is 0.625. The number of hydrogen-bond acceptors (Lipinski definition) is 4. The van der Waals surface area contributed by atoms with Crippen LogP contribution in [0.15, 0.2) is 24.3 Å². The number of hydrogen-bond donors (Lipinski definition) is 2. The van der Waals surface area contributed by atoms with Gasteiger partial charge < -0.3 is 16.0 Å². The number of carbonyl (C=O) groups excluding carboxylic acids is 3. The second kappa shape index (κ2) is 11.1. The Hall–Kier alpha value is -2.12. The van der Waals surface area contributed by atoms with E-state index < -0.39 is 17.5 Å². The summed E-state index contributed by atoms with van der Waals surface area (Å²) in [5.41, 5.74) is 6.19. The van der Waals surface area contributed by atoms with Gasteiger partial charge in [0.1, 0.15) is 11.6 Å². The Labute approximate surface area is 197 Å². The summed E-state index contributed by atoms with van der Waals surface area (Å²) in [4.78, 5) is 42.1. The lowest BCUT2D eigenvalue weighted by atomic mass is 9.80. The minimum absolute atomic E-state index is 0. The molecule has 8 heteroatoms. The number of primary amides is 1. The summed E-state index contributed by atoms with van der Waals surface area (Å²) in [7, 11) is 0. The van der Waals surface area contributed by atoms with Crippen LogP contribution in [0.3, 0.4) is 0 Å². The Morgan fingerprint density at radius 3 is 2.34 bits per heavy atom. The van der Waals surface area contributed by atoms with Crippen molar-refractivity contribution in [1.82, 2.24) is 15.1 Å². The van der Waals surface area contributed by atoms with E-state index in [0.29, 0.717) is 37.3 Å². The van der Waals surface area contributed by atoms with Crippen molar-refractivity contribution in [2.75, 3.05) is 19.6 Å². The molecule has 0 bridgehead atoms. The monoisotopic (exact) mass is 464 g/mol. The molecule has 0 saturated carbocycles. The molecule has 2 aliphatic rings. The summed E-state index contributed by atoms with van der Waals surface area (Å²) in [6.45, 7) is 9.15. The van der Waals surface area contributed by atoms with E-state index in [-0.39, 0.29) is 24.2 Å². The predicted octanol–water partition coefficient (Wildman–Crippen LogP) is 2.72. The molecule has 3 rings (SSSR count). The summed E-state index contributed by atoms with van der Waals surface area (Å²) in [5, 5.41) is 3.05. The highest BCUT2D eigenvalue weighted by Crippen LogP contribution is 2.34. The standard InChI is InChI=1S/C24H36N4O3.ClH/c1-4-5-12-28-22(30)20(15-17(2)3)26-23(31)24(28)10-13-27(14-11-24)16-18-6-8-19(9-7-18)21(25)29;/h6-9,17,20H,4-5,10-16H2,1-3H3,(H2,25,29)(H,26,31);1H/t20-;/m0./s1. The lowest BCUT2D eigenvalue weighted by Crippen LogP contribution is -2.73. The van der Waals surface area contributed by atoms with Crippen LogP contribution < -0.4 is 11.1 Å². The number of nitrogens with zero attached hydrogens (tertiary/aromatic N) is 2. The molecular weight excluding hydrogens is 428 g/mol. The average molecular weight is 465 g/mol. The molecule has 1 atom stereocenters. The maximum atomic E-state index is 13.3. The minimum atomic E-state index is -0.730. The fourth-order valence-electron chi connectivity index (χ4n) is 4.76. The van der Waals surface area contributed by atoms with Gasteiger partial charge in [-0.2, -0.15) is 0 Å². The van der Waals surface area contributed by atoms with Gasteiger partial charge in [0.15, 0.2) is 0 Å². The zero-order valence-corrected chi connectivity index (χ0v) is 20.2. The Bertz CT molecular complexity index is 804. The van der Waals surface area contributed by atoms with Crippen molar-refractivity contribution in [3.8, 4) is 0 Å². The molecule has 0 aromatic heterocycles. The number of carbonyl (C=O) groups is 3. The van der Waals surface area contributed by atoms with E-state index in [1.165, 1.54) is 0 Å². The number of piperidine rings is 1. The molecule has 2 aliphatic heterocycles. The number of unbranched alkanes of at least 4 members (excludes halogenated alkanes) is 1. The molecule has 1 spiro atoms. The molecule has 32 heavy (non-hydrogen) atoms. The first-order chi connectivity index (χ1) is 14.8. The molecule has 178 valence electrons. The third-order valence-electron chi connectivity index (χ3n) is 6.58. The normalized spacial score (nSPS) is 20.9. The van der Waals surface area contributed by atoms with Gasteiger partial charge in [-0.25, -0.2) is 0 Å². The largest absolute Gasteiger partial charge is 0.366 e. The van der Waals surface area contributed by atoms with Gasteiger partial charge in [-0.05, 0) is 49.3 Å². The van der Waals surface area contributed by atoms with Crippen molar-refractivity contribution in [2.24, 2.45) is 11.7 Å². The molecule has 2 heterocycles. The maximum absolute atomic E-state index is 13.3. The summed E-state index contributed by atoms with van der Waals surface area (Å²) in [6, 6.07) is 6.93. The van der Waals surface area contributed by atoms with E-state index in [1.807, 2.05) is 17.0 Å². The van der Waals surface area contributed by atoms with Crippen LogP contribution in [0.1, 0.15) is 68.8 Å². The van der Waals surface area contributed by atoms with E-state index in [2.05, 4.69) is 31.0 Å². The van der Waals surface area contributed by atoms with E-state index in [9.17, 15) is 14.4 Å². The molecule has 3 amide bonds. The smallest absolute Gasteiger partial charge is 0.248 e. The van der Waals surface area contributed by atoms with Crippen LogP contribution in [0, 0.1) is 5.92 Å². The van der Waals surface area contributed by atoms with Crippen molar-refractivity contribution in [3.05, 3.63) is 35.4 Å². The van der Waals surface area contributed by atoms with Gasteiger partial charge >= 0.3 is 0 Å². The van der Waals surface area contributed by atoms with Gasteiger partial charge in [0, 0.05) is 31.7 Å². The fourth-order valence-corrected chi connectivity index (χ4v) is 4.76. The molecule has 7 nitrogen and oxygen atoms in total. The molecule has 0 radical (unpaired) electrons. The number of amides is 3. The molecular formula is C24H37ClN4O3. The number of rotatable bonds is 8. The van der Waals surface area contributed by atoms with Gasteiger partial charge in [-0.1, -0.05) is 39.3 Å². The van der Waals surface area contributed by atoms with Crippen LogP contribution in [-0.4, -0.2) is 58.7 Å². The first kappa shape index (κ1) is 26.1. The summed E-state index contributed by atoms with van der Waals surface area (Å²) >= 11 is 0. The highest BCUT2D eigenvalue weighted by molar-refractivity contribution is 6.00. The summed E-state index contributed by atoms with van der Waals surface area (Å²) in [5.74, 6) is 0.0121. The number of nitrogens with two attached hydrogens (primary N) is 1. The SMILES string of the molecule is CCCCN1C(=O)[C@H](CC(C)C)NC(=O)C12CCN(Cc1ccc(C(N)=O)cc1)CC2.Cl. The van der Waals surface area contributed by atoms with Crippen molar-refractivity contribution < 1.29 is 14.4 Å². The number of piperazine rings is 1. The molecule has 0 unspecified atom stereocenters. The molecule has 2 saturated heterocycles. The van der Waals surface area contributed by atoms with Crippen LogP contribution in [0.4, 0.5) is 0 Å². The lowest BCUT2D eigenvalue weighted by Gasteiger charge is -2.52. The van der Waals surface area contributed by atoms with Crippen molar-refractivity contribution in [3.63, 3.8) is 0 Å². The second-order valence-corrected chi connectivity index (χ2v) is 9.37. The van der Waals surface area contributed by atoms with Crippen LogP contribution in [0.5, 0.6) is 0 Å². The van der Waals surface area contributed by atoms with Crippen LogP contribution in [0.25, 0.3) is 0 Å². The van der Waals surface area contributed by atoms with Crippen molar-refractivity contribution in [1.29, 1.82) is 0 Å². The second-order valence-electron chi connectivity index (χ2n) is 9.37. The topological polar surface area (TPSA) is 95.7 Å². The molecule has 2 fully saturated rings. The Morgan fingerprint density at radius 1 is 1.19 bits per heavy atom. The molecule has 3 N–H and O–H groups in total. The van der Waals surface area contributed by atoms with Gasteiger partial charge in [-0.15, -0.1) is 12.4 Å². The molecule has 1 aromatic carbocycles. The maximum Gasteiger partial charge on any atom is 0.248 e. The molecule has 1 aromatic rings. The average Bonchev–Trinajstić information content (AvgIpc) is 2.73. The zero-order valence-electron chi connectivity index (χ0n) is 19.4. The number of likely N-dealkylation sites (tertiary alicyclic amines) is 1. The highest BCUT2D eigenvalue weighted by atomic mass is 35.5. The minimum Gasteiger partial charge on any atom is -0.366 e.